The normalized spacial score (nSPS) is 28.3. The number of nitrogens with two attached hydrogens (primary N) is 2. The average molecular weight is 581 g/mol. The summed E-state index contributed by atoms with van der Waals surface area (Å²) in [6.07, 6.45) is -3.84. The topological polar surface area (TPSA) is 305 Å². The maximum absolute atomic E-state index is 12.0. The molecule has 1 saturated heterocycles. The Balaban J connectivity index is 1.87. The third kappa shape index (κ3) is 6.17. The van der Waals surface area contributed by atoms with Crippen LogP contribution in [-0.4, -0.2) is 68.6 Å². The Labute approximate surface area is 198 Å². The number of aromatic nitrogens is 4. The van der Waals surface area contributed by atoms with E-state index in [1.165, 1.54) is 0 Å². The highest BCUT2D eigenvalue weighted by molar-refractivity contribution is 7.66. The Hall–Kier alpha value is -1.71. The van der Waals surface area contributed by atoms with E-state index in [1.54, 1.807) is 0 Å². The second-order valence-corrected chi connectivity index (χ2v) is 11.4. The van der Waals surface area contributed by atoms with E-state index < -0.39 is 59.6 Å². The number of halogens is 1. The minimum atomic E-state index is -5.77. The SMILES string of the molecule is Nc1nc2c(ncn2[C@@H]2O[C@H](COP(=O)(O)OP(=O)(O)OP(=O)(O)O)[C@H](O)C2(N)C#CCl)c(=O)[nH]1. The van der Waals surface area contributed by atoms with Crippen LogP contribution in [0, 0.1) is 11.3 Å². The number of phosphoric acid groups is 3. The van der Waals surface area contributed by atoms with Crippen molar-refractivity contribution in [3.63, 3.8) is 0 Å². The lowest BCUT2D eigenvalue weighted by Gasteiger charge is -2.27. The minimum Gasteiger partial charge on any atom is -0.387 e. The van der Waals surface area contributed by atoms with Crippen molar-refractivity contribution in [2.24, 2.45) is 5.73 Å². The number of phosphoric ester groups is 1. The van der Waals surface area contributed by atoms with Crippen molar-refractivity contribution in [3.8, 4) is 11.3 Å². The molecule has 0 aromatic carbocycles. The zero-order valence-corrected chi connectivity index (χ0v) is 20.2. The highest BCUT2D eigenvalue weighted by Gasteiger charge is 2.55. The van der Waals surface area contributed by atoms with Crippen molar-refractivity contribution >= 4 is 52.2 Å². The fourth-order valence-corrected chi connectivity index (χ4v) is 6.23. The zero-order valence-electron chi connectivity index (χ0n) is 16.7. The first kappa shape index (κ1) is 27.9. The molecule has 3 heterocycles. The van der Waals surface area contributed by atoms with Gasteiger partial charge in [-0.2, -0.15) is 13.6 Å². The third-order valence-electron chi connectivity index (χ3n) is 4.34. The van der Waals surface area contributed by atoms with Crippen LogP contribution < -0.4 is 17.0 Å². The van der Waals surface area contributed by atoms with E-state index in [1.807, 2.05) is 5.38 Å². The second kappa shape index (κ2) is 9.63. The predicted molar refractivity (Wildman–Crippen MR) is 113 cm³/mol. The second-order valence-electron chi connectivity index (χ2n) is 6.79. The Bertz CT molecular complexity index is 1400. The van der Waals surface area contributed by atoms with E-state index in [0.29, 0.717) is 0 Å². The van der Waals surface area contributed by atoms with Gasteiger partial charge in [0.25, 0.3) is 5.56 Å². The van der Waals surface area contributed by atoms with Gasteiger partial charge in [0, 0.05) is 5.38 Å². The van der Waals surface area contributed by atoms with E-state index in [9.17, 15) is 33.4 Å². The number of hydrogen-bond donors (Lipinski definition) is 8. The van der Waals surface area contributed by atoms with Gasteiger partial charge in [0.2, 0.25) is 5.95 Å². The molecule has 0 spiro atoms. The van der Waals surface area contributed by atoms with Crippen LogP contribution in [0.3, 0.4) is 0 Å². The predicted octanol–water partition coefficient (Wildman–Crippen LogP) is -1.80. The Morgan fingerprint density at radius 1 is 1.26 bits per heavy atom. The van der Waals surface area contributed by atoms with Gasteiger partial charge in [-0.25, -0.2) is 18.7 Å². The minimum absolute atomic E-state index is 0.136. The Kier molecular flexibility index (Phi) is 7.67. The fraction of sp³-hybridized carbons (Fsp3) is 0.417. The van der Waals surface area contributed by atoms with Crippen LogP contribution in [0.15, 0.2) is 11.1 Å². The van der Waals surface area contributed by atoms with Gasteiger partial charge in [-0.15, -0.1) is 0 Å². The molecule has 1 fully saturated rings. The van der Waals surface area contributed by atoms with Gasteiger partial charge >= 0.3 is 23.5 Å². The van der Waals surface area contributed by atoms with Gasteiger partial charge in [0.05, 0.1) is 12.9 Å². The summed E-state index contributed by atoms with van der Waals surface area (Å²) < 4.78 is 52.5. The standard InChI is InChI=1S/C12H16ClN6O13P3/c13-2-1-12(15)7(20)5(3-29-34(25,26)32-35(27,28)31-33(22,23)24)30-10(12)19-4-16-6-8(19)17-11(14)18-9(6)21/h4-5,7,10,20H,3,15H2,(H,25,26)(H,27,28)(H2,22,23,24)(H3,14,17,18,21)/t5-,7+,10-,12?/m1/s1. The van der Waals surface area contributed by atoms with Crippen molar-refractivity contribution < 1.29 is 56.3 Å². The molecule has 6 atom stereocenters. The number of hydrogen-bond acceptors (Lipinski definition) is 13. The van der Waals surface area contributed by atoms with Crippen LogP contribution >= 0.6 is 35.1 Å². The van der Waals surface area contributed by atoms with Crippen molar-refractivity contribution in [3.05, 3.63) is 16.7 Å². The summed E-state index contributed by atoms with van der Waals surface area (Å²) in [5, 5.41) is 12.7. The highest BCUT2D eigenvalue weighted by atomic mass is 35.5. The lowest BCUT2D eigenvalue weighted by molar-refractivity contribution is -0.0438. The summed E-state index contributed by atoms with van der Waals surface area (Å²) >= 11 is 5.46. The number of imidazole rings is 1. The number of fused-ring (bicyclic) bond motifs is 1. The van der Waals surface area contributed by atoms with Crippen molar-refractivity contribution in [1.29, 1.82) is 0 Å². The largest absolute Gasteiger partial charge is 0.490 e. The number of ether oxygens (including phenoxy) is 1. The van der Waals surface area contributed by atoms with Crippen molar-refractivity contribution in [2.75, 3.05) is 12.3 Å². The smallest absolute Gasteiger partial charge is 0.387 e. The quantitative estimate of drug-likeness (QED) is 0.126. The summed E-state index contributed by atoms with van der Waals surface area (Å²) in [7, 11) is -16.9. The molecule has 1 aliphatic rings. The molecule has 0 saturated carbocycles. The van der Waals surface area contributed by atoms with E-state index >= 15 is 0 Å². The third-order valence-corrected chi connectivity index (χ3v) is 8.24. The number of H-pyrrole nitrogens is 1. The van der Waals surface area contributed by atoms with Crippen LogP contribution in [0.25, 0.3) is 11.2 Å². The molecule has 0 aliphatic carbocycles. The van der Waals surface area contributed by atoms with E-state index in [2.05, 4.69) is 34.0 Å². The molecule has 0 bridgehead atoms. The lowest BCUT2D eigenvalue weighted by Crippen LogP contribution is -2.53. The van der Waals surface area contributed by atoms with Gasteiger partial charge in [-0.3, -0.25) is 18.9 Å². The number of nitrogens with zero attached hydrogens (tertiary/aromatic N) is 3. The van der Waals surface area contributed by atoms with Crippen LogP contribution in [0.4, 0.5) is 5.95 Å². The monoisotopic (exact) mass is 580 g/mol. The number of nitrogen functional groups attached to an aromatic ring is 1. The molecule has 3 unspecified atom stereocenters. The Morgan fingerprint density at radius 2 is 1.91 bits per heavy atom. The van der Waals surface area contributed by atoms with Gasteiger partial charge in [-0.05, 0) is 11.6 Å². The molecular weight excluding hydrogens is 565 g/mol. The zero-order chi connectivity index (χ0) is 26.4. The number of aromatic amines is 1. The van der Waals surface area contributed by atoms with Crippen LogP contribution in [0.2, 0.25) is 0 Å². The molecule has 10 N–H and O–H groups in total. The summed E-state index contributed by atoms with van der Waals surface area (Å²) in [6, 6.07) is 0. The van der Waals surface area contributed by atoms with E-state index in [4.69, 9.17) is 37.6 Å². The van der Waals surface area contributed by atoms with Gasteiger partial charge in [0.1, 0.15) is 12.2 Å². The summed E-state index contributed by atoms with van der Waals surface area (Å²) in [5.41, 5.74) is 8.64. The first-order chi connectivity index (χ1) is 16.0. The summed E-state index contributed by atoms with van der Waals surface area (Å²) in [5.74, 6) is 2.02. The maximum atomic E-state index is 12.0. The molecule has 0 radical (unpaired) electrons. The van der Waals surface area contributed by atoms with Crippen LogP contribution in [0.1, 0.15) is 6.23 Å². The molecule has 2 aromatic rings. The first-order valence-electron chi connectivity index (χ1n) is 8.74. The molecule has 2 aromatic heterocycles. The van der Waals surface area contributed by atoms with E-state index in [0.717, 1.165) is 10.9 Å². The number of anilines is 1. The van der Waals surface area contributed by atoms with Crippen molar-refractivity contribution in [2.45, 2.75) is 24.0 Å². The summed E-state index contributed by atoms with van der Waals surface area (Å²) in [4.78, 5) is 58.0. The molecule has 194 valence electrons. The first-order valence-corrected chi connectivity index (χ1v) is 13.6. The number of aliphatic hydroxyl groups is 1. The van der Waals surface area contributed by atoms with Gasteiger partial charge in [-0.1, -0.05) is 5.92 Å². The molecule has 3 rings (SSSR count). The van der Waals surface area contributed by atoms with Crippen LogP contribution in [0.5, 0.6) is 0 Å². The van der Waals surface area contributed by atoms with E-state index in [-0.39, 0.29) is 17.1 Å². The fourth-order valence-electron chi connectivity index (χ4n) is 3.04. The van der Waals surface area contributed by atoms with Crippen LogP contribution in [-0.2, 0) is 31.6 Å². The molecule has 1 aliphatic heterocycles. The molecule has 19 nitrogen and oxygen atoms in total. The number of nitrogens with one attached hydrogen (secondary N) is 1. The van der Waals surface area contributed by atoms with Gasteiger partial charge in [0.15, 0.2) is 22.9 Å². The molecule has 0 amide bonds. The average Bonchev–Trinajstić information content (AvgIpc) is 3.17. The van der Waals surface area contributed by atoms with Gasteiger partial charge < -0.3 is 40.9 Å². The highest BCUT2D eigenvalue weighted by Crippen LogP contribution is 2.66. The van der Waals surface area contributed by atoms with Crippen molar-refractivity contribution in [1.82, 2.24) is 19.5 Å². The number of rotatable bonds is 8. The lowest BCUT2D eigenvalue weighted by atomic mass is 9.92. The summed E-state index contributed by atoms with van der Waals surface area (Å²) in [6.45, 7) is -1.05. The molecular formula is C12H16ClN6O13P3. The molecule has 23 heteroatoms. The molecule has 35 heavy (non-hydrogen) atoms. The maximum Gasteiger partial charge on any atom is 0.490 e. The number of aliphatic hydroxyl groups excluding tert-OH is 1. The Morgan fingerprint density at radius 3 is 2.51 bits per heavy atom.